The van der Waals surface area contributed by atoms with Gasteiger partial charge in [-0.15, -0.1) is 0 Å². The highest BCUT2D eigenvalue weighted by molar-refractivity contribution is 6.15. The van der Waals surface area contributed by atoms with Crippen LogP contribution in [0.15, 0.2) is 60.4 Å². The molecule has 0 radical (unpaired) electrons. The summed E-state index contributed by atoms with van der Waals surface area (Å²) in [6, 6.07) is 16.2. The highest BCUT2D eigenvalue weighted by atomic mass is 16.7. The lowest BCUT2D eigenvalue weighted by molar-refractivity contribution is 0.0600. The summed E-state index contributed by atoms with van der Waals surface area (Å²) in [7, 11) is 1.33. The Bertz CT molecular complexity index is 1380. The van der Waals surface area contributed by atoms with Crippen molar-refractivity contribution in [3.05, 3.63) is 88.2 Å². The lowest BCUT2D eigenvalue weighted by Gasteiger charge is -2.29. The molecule has 3 heterocycles. The van der Waals surface area contributed by atoms with Gasteiger partial charge in [-0.2, -0.15) is 0 Å². The monoisotopic (exact) mass is 471 g/mol. The smallest absolute Gasteiger partial charge is 0.337 e. The van der Waals surface area contributed by atoms with E-state index in [0.717, 1.165) is 28.2 Å². The third-order valence-electron chi connectivity index (χ3n) is 6.16. The standard InChI is InChI=1S/C27H21NO7/c1-31-27(30)18-5-2-16(3-6-18)10-24-25(29)19-7-9-21-20(26(19)35-24)13-28(14-32-21)12-17-4-8-22-23(11-17)34-15-33-22/h2-11H,12-15H2,1H3/b24-10-. The SMILES string of the molecule is COC(=O)c1ccc(/C=C2\Oc3c(ccc4c3CN(Cc3ccc5c(c3)OCO5)CO4)C2=O)cc1. The number of Topliss-reactive ketones (excluding diaryl/α,β-unsaturated/α-hetero) is 1. The van der Waals surface area contributed by atoms with E-state index in [1.807, 2.05) is 24.3 Å². The Balaban J connectivity index is 1.23. The first-order chi connectivity index (χ1) is 17.1. The van der Waals surface area contributed by atoms with E-state index < -0.39 is 5.97 Å². The fourth-order valence-electron chi connectivity index (χ4n) is 4.39. The number of allylic oxidation sites excluding steroid dienone is 1. The molecule has 0 unspecified atom stereocenters. The van der Waals surface area contributed by atoms with Crippen LogP contribution in [0.2, 0.25) is 0 Å². The number of rotatable bonds is 4. The van der Waals surface area contributed by atoms with Gasteiger partial charge in [-0.05, 0) is 53.6 Å². The summed E-state index contributed by atoms with van der Waals surface area (Å²) >= 11 is 0. The van der Waals surface area contributed by atoms with E-state index in [0.29, 0.717) is 42.4 Å². The molecule has 0 saturated heterocycles. The molecule has 0 saturated carbocycles. The van der Waals surface area contributed by atoms with Crippen LogP contribution in [0.5, 0.6) is 23.0 Å². The molecule has 8 nitrogen and oxygen atoms in total. The fourth-order valence-corrected chi connectivity index (χ4v) is 4.39. The van der Waals surface area contributed by atoms with Gasteiger partial charge in [0.15, 0.2) is 17.3 Å². The fraction of sp³-hybridized carbons (Fsp3) is 0.185. The molecule has 176 valence electrons. The minimum atomic E-state index is -0.415. The molecule has 35 heavy (non-hydrogen) atoms. The third kappa shape index (κ3) is 3.87. The number of nitrogens with zero attached hydrogens (tertiary/aromatic N) is 1. The largest absolute Gasteiger partial charge is 0.478 e. The van der Waals surface area contributed by atoms with Crippen molar-refractivity contribution in [2.75, 3.05) is 20.6 Å². The van der Waals surface area contributed by atoms with Crippen LogP contribution in [0.4, 0.5) is 0 Å². The number of hydrogen-bond acceptors (Lipinski definition) is 8. The summed E-state index contributed by atoms with van der Waals surface area (Å²) in [6.07, 6.45) is 1.67. The van der Waals surface area contributed by atoms with Gasteiger partial charge >= 0.3 is 5.97 Å². The number of benzene rings is 3. The van der Waals surface area contributed by atoms with Crippen molar-refractivity contribution < 1.29 is 33.3 Å². The van der Waals surface area contributed by atoms with E-state index in [2.05, 4.69) is 4.90 Å². The quantitative estimate of drug-likeness (QED) is 0.414. The highest BCUT2D eigenvalue weighted by Crippen LogP contribution is 2.42. The van der Waals surface area contributed by atoms with E-state index in [9.17, 15) is 9.59 Å². The first-order valence-corrected chi connectivity index (χ1v) is 11.1. The van der Waals surface area contributed by atoms with Crippen molar-refractivity contribution in [2.45, 2.75) is 13.1 Å². The molecule has 6 rings (SSSR count). The maximum atomic E-state index is 13.0. The first kappa shape index (κ1) is 21.2. The van der Waals surface area contributed by atoms with Gasteiger partial charge in [-0.25, -0.2) is 4.79 Å². The molecule has 0 N–H and O–H groups in total. The molecule has 0 bridgehead atoms. The van der Waals surface area contributed by atoms with Crippen LogP contribution in [0.3, 0.4) is 0 Å². The molecule has 0 atom stereocenters. The number of methoxy groups -OCH3 is 1. The van der Waals surface area contributed by atoms with Gasteiger partial charge < -0.3 is 23.7 Å². The van der Waals surface area contributed by atoms with Gasteiger partial charge in [0.1, 0.15) is 18.2 Å². The Morgan fingerprint density at radius 3 is 2.63 bits per heavy atom. The summed E-state index contributed by atoms with van der Waals surface area (Å²) in [6.45, 7) is 1.87. The predicted molar refractivity (Wildman–Crippen MR) is 124 cm³/mol. The minimum Gasteiger partial charge on any atom is -0.478 e. The van der Waals surface area contributed by atoms with Crippen LogP contribution in [-0.4, -0.2) is 37.3 Å². The Labute approximate surface area is 201 Å². The Hall–Kier alpha value is -4.30. The molecule has 3 aliphatic rings. The average Bonchev–Trinajstić information content (AvgIpc) is 3.48. The number of carbonyl (C=O) groups excluding carboxylic acids is 2. The molecule has 3 aliphatic heterocycles. The molecular formula is C27H21NO7. The topological polar surface area (TPSA) is 83.5 Å². The van der Waals surface area contributed by atoms with E-state index in [1.54, 1.807) is 36.4 Å². The predicted octanol–water partition coefficient (Wildman–Crippen LogP) is 4.17. The average molecular weight is 471 g/mol. The number of hydrogen-bond donors (Lipinski definition) is 0. The summed E-state index contributed by atoms with van der Waals surface area (Å²) < 4.78 is 27.6. The first-order valence-electron chi connectivity index (χ1n) is 11.1. The van der Waals surface area contributed by atoms with Crippen molar-refractivity contribution in [2.24, 2.45) is 0 Å². The lowest BCUT2D eigenvalue weighted by Crippen LogP contribution is -2.31. The maximum absolute atomic E-state index is 13.0. The van der Waals surface area contributed by atoms with Gasteiger partial charge in [-0.3, -0.25) is 9.69 Å². The zero-order valence-corrected chi connectivity index (χ0v) is 18.9. The second-order valence-corrected chi connectivity index (χ2v) is 8.42. The van der Waals surface area contributed by atoms with Crippen LogP contribution in [-0.2, 0) is 17.8 Å². The van der Waals surface area contributed by atoms with Crippen molar-refractivity contribution in [1.82, 2.24) is 4.90 Å². The molecule has 0 amide bonds. The van der Waals surface area contributed by atoms with Gasteiger partial charge in [0.25, 0.3) is 0 Å². The summed E-state index contributed by atoms with van der Waals surface area (Å²) in [4.78, 5) is 26.8. The zero-order chi connectivity index (χ0) is 23.9. The van der Waals surface area contributed by atoms with Crippen molar-refractivity contribution in [1.29, 1.82) is 0 Å². The van der Waals surface area contributed by atoms with Crippen LogP contribution in [0.1, 0.15) is 37.4 Å². The summed E-state index contributed by atoms with van der Waals surface area (Å²) in [5, 5.41) is 0. The van der Waals surface area contributed by atoms with Crippen LogP contribution >= 0.6 is 0 Å². The third-order valence-corrected chi connectivity index (χ3v) is 6.16. The highest BCUT2D eigenvalue weighted by Gasteiger charge is 2.33. The van der Waals surface area contributed by atoms with Crippen LogP contribution < -0.4 is 18.9 Å². The molecular weight excluding hydrogens is 450 g/mol. The summed E-state index contributed by atoms with van der Waals surface area (Å²) in [5.74, 6) is 2.35. The number of ether oxygens (including phenoxy) is 5. The molecule has 8 heteroatoms. The maximum Gasteiger partial charge on any atom is 0.337 e. The molecule has 0 aliphatic carbocycles. The van der Waals surface area contributed by atoms with Crippen LogP contribution in [0.25, 0.3) is 6.08 Å². The number of carbonyl (C=O) groups is 2. The van der Waals surface area contributed by atoms with Crippen molar-refractivity contribution in [3.63, 3.8) is 0 Å². The van der Waals surface area contributed by atoms with Gasteiger partial charge in [-0.1, -0.05) is 18.2 Å². The Morgan fingerprint density at radius 2 is 1.80 bits per heavy atom. The second kappa shape index (κ2) is 8.48. The minimum absolute atomic E-state index is 0.187. The van der Waals surface area contributed by atoms with Crippen molar-refractivity contribution in [3.8, 4) is 23.0 Å². The molecule has 0 fully saturated rings. The van der Waals surface area contributed by atoms with Gasteiger partial charge in [0.2, 0.25) is 12.6 Å². The molecule has 0 spiro atoms. The molecule has 3 aromatic carbocycles. The normalized spacial score (nSPS) is 16.9. The van der Waals surface area contributed by atoms with Gasteiger partial charge in [0, 0.05) is 13.1 Å². The number of ketones is 1. The lowest BCUT2D eigenvalue weighted by atomic mass is 10.0. The van der Waals surface area contributed by atoms with Crippen LogP contribution in [0, 0.1) is 0 Å². The summed E-state index contributed by atoms with van der Waals surface area (Å²) in [5.41, 5.74) is 3.59. The number of esters is 1. The van der Waals surface area contributed by atoms with E-state index in [1.165, 1.54) is 7.11 Å². The van der Waals surface area contributed by atoms with E-state index >= 15 is 0 Å². The molecule has 0 aromatic heterocycles. The Kier molecular flexibility index (Phi) is 5.15. The van der Waals surface area contributed by atoms with Crippen molar-refractivity contribution >= 4 is 17.8 Å². The Morgan fingerprint density at radius 1 is 1.00 bits per heavy atom. The van der Waals surface area contributed by atoms with E-state index in [-0.39, 0.29) is 18.3 Å². The number of fused-ring (bicyclic) bond motifs is 4. The molecule has 3 aromatic rings. The second-order valence-electron chi connectivity index (χ2n) is 8.42. The van der Waals surface area contributed by atoms with Gasteiger partial charge in [0.05, 0.1) is 23.8 Å². The van der Waals surface area contributed by atoms with E-state index in [4.69, 9.17) is 23.7 Å². The zero-order valence-electron chi connectivity index (χ0n) is 18.9.